The van der Waals surface area contributed by atoms with Crippen LogP contribution in [0.15, 0.2) is 41.0 Å². The topological polar surface area (TPSA) is 43.1 Å². The van der Waals surface area contributed by atoms with Gasteiger partial charge in [0.1, 0.15) is 5.57 Å². The highest BCUT2D eigenvalue weighted by molar-refractivity contribution is 5.63. The van der Waals surface area contributed by atoms with Crippen LogP contribution in [0.25, 0.3) is 6.08 Å². The van der Waals surface area contributed by atoms with Crippen LogP contribution in [0.1, 0.15) is 5.56 Å². The van der Waals surface area contributed by atoms with E-state index in [-0.39, 0.29) is 0 Å². The number of allylic oxidation sites excluding steroid dienone is 3. The smallest absolute Gasteiger partial charge is 0.258 e. The van der Waals surface area contributed by atoms with E-state index < -0.39 is 63.7 Å². The molecule has 0 N–H and O–H groups in total. The van der Waals surface area contributed by atoms with Gasteiger partial charge in [-0.15, -0.1) is 0 Å². The summed E-state index contributed by atoms with van der Waals surface area (Å²) >= 11 is 0. The minimum absolute atomic E-state index is 0.415. The number of nitro groups is 1. The Morgan fingerprint density at radius 3 is 1.41 bits per heavy atom. The monoisotopic (exact) mass is 447 g/mol. The summed E-state index contributed by atoms with van der Waals surface area (Å²) in [5.74, 6) is 0. The van der Waals surface area contributed by atoms with Crippen LogP contribution in [0.4, 0.5) is 58.4 Å². The standard InChI is InChI=1S/C14H5F12NO2/c15-11(16,17)8(5-6-1-3-7(4-2-6)27(28)29)9(12(18,19)20)10(13(21,22)23)14(24,25)26/h1-5H. The lowest BCUT2D eigenvalue weighted by Gasteiger charge is -2.24. The van der Waals surface area contributed by atoms with Crippen LogP contribution in [0.2, 0.25) is 0 Å². The number of hydrogen-bond donors (Lipinski definition) is 0. The first-order valence-electron chi connectivity index (χ1n) is 6.76. The average Bonchev–Trinajstić information content (AvgIpc) is 2.46. The van der Waals surface area contributed by atoms with Crippen LogP contribution < -0.4 is 0 Å². The molecule has 3 nitrogen and oxygen atoms in total. The van der Waals surface area contributed by atoms with Crippen molar-refractivity contribution in [3.8, 4) is 0 Å². The molecule has 0 bridgehead atoms. The van der Waals surface area contributed by atoms with Gasteiger partial charge in [0, 0.05) is 12.1 Å². The maximum Gasteiger partial charge on any atom is 0.421 e. The Morgan fingerprint density at radius 2 is 1.14 bits per heavy atom. The van der Waals surface area contributed by atoms with Crippen LogP contribution in [-0.2, 0) is 0 Å². The summed E-state index contributed by atoms with van der Waals surface area (Å²) in [6, 6.07) is 1.81. The average molecular weight is 447 g/mol. The van der Waals surface area contributed by atoms with Crippen LogP contribution >= 0.6 is 0 Å². The van der Waals surface area contributed by atoms with E-state index in [9.17, 15) is 62.8 Å². The third-order valence-electron chi connectivity index (χ3n) is 3.09. The molecule has 0 heterocycles. The van der Waals surface area contributed by atoms with Crippen molar-refractivity contribution in [3.63, 3.8) is 0 Å². The number of alkyl halides is 12. The molecule has 162 valence electrons. The summed E-state index contributed by atoms with van der Waals surface area (Å²) in [5, 5.41) is 10.4. The van der Waals surface area contributed by atoms with Crippen molar-refractivity contribution in [2.45, 2.75) is 24.7 Å². The molecule has 0 saturated carbocycles. The number of halogens is 12. The molecular formula is C14H5F12NO2. The third kappa shape index (κ3) is 6.12. The fraction of sp³-hybridized carbons (Fsp3) is 0.286. The van der Waals surface area contributed by atoms with Crippen molar-refractivity contribution in [1.29, 1.82) is 0 Å². The number of hydrogen-bond acceptors (Lipinski definition) is 2. The zero-order valence-corrected chi connectivity index (χ0v) is 13.2. The summed E-state index contributed by atoms with van der Waals surface area (Å²) in [4.78, 5) is 9.40. The number of nitro benzene ring substituents is 1. The SMILES string of the molecule is O=[N+]([O-])c1ccc(C=C(C(=C(C(F)(F)F)C(F)(F)F)C(F)(F)F)C(F)(F)F)cc1. The zero-order valence-electron chi connectivity index (χ0n) is 13.2. The Bertz CT molecular complexity index is 807. The summed E-state index contributed by atoms with van der Waals surface area (Å²) in [6.45, 7) is 0. The van der Waals surface area contributed by atoms with Gasteiger partial charge in [0.05, 0.1) is 16.1 Å². The highest BCUT2D eigenvalue weighted by Gasteiger charge is 2.60. The lowest BCUT2D eigenvalue weighted by molar-refractivity contribution is -0.384. The van der Waals surface area contributed by atoms with Gasteiger partial charge in [-0.25, -0.2) is 0 Å². The molecule has 1 aromatic rings. The lowest BCUT2D eigenvalue weighted by Crippen LogP contribution is -2.35. The first kappa shape index (κ1) is 24.3. The molecular weight excluding hydrogens is 442 g/mol. The molecule has 0 fully saturated rings. The van der Waals surface area contributed by atoms with Gasteiger partial charge in [0.2, 0.25) is 0 Å². The van der Waals surface area contributed by atoms with E-state index in [4.69, 9.17) is 0 Å². The Labute approximate surface area is 152 Å². The minimum atomic E-state index is -6.83. The van der Waals surface area contributed by atoms with Crippen LogP contribution in [0.5, 0.6) is 0 Å². The summed E-state index contributed by atoms with van der Waals surface area (Å²) in [7, 11) is 0. The van der Waals surface area contributed by atoms with Crippen LogP contribution in [-0.4, -0.2) is 29.6 Å². The molecule has 0 aliphatic heterocycles. The van der Waals surface area contributed by atoms with Gasteiger partial charge < -0.3 is 0 Å². The Balaban J connectivity index is 3.97. The van der Waals surface area contributed by atoms with Crippen LogP contribution in [0.3, 0.4) is 0 Å². The van der Waals surface area contributed by atoms with Gasteiger partial charge in [0.15, 0.2) is 0 Å². The fourth-order valence-electron chi connectivity index (χ4n) is 2.03. The van der Waals surface area contributed by atoms with Crippen molar-refractivity contribution in [3.05, 3.63) is 56.7 Å². The Hall–Kier alpha value is -2.74. The minimum Gasteiger partial charge on any atom is -0.258 e. The van der Waals surface area contributed by atoms with Crippen LogP contribution in [0, 0.1) is 10.1 Å². The molecule has 0 spiro atoms. The molecule has 0 aromatic heterocycles. The van der Waals surface area contributed by atoms with Gasteiger partial charge in [-0.3, -0.25) is 10.1 Å². The number of benzene rings is 1. The maximum absolute atomic E-state index is 13.1. The Kier molecular flexibility index (Phi) is 6.36. The molecule has 1 rings (SSSR count). The van der Waals surface area contributed by atoms with E-state index in [2.05, 4.69) is 0 Å². The molecule has 0 amide bonds. The molecule has 1 aromatic carbocycles. The van der Waals surface area contributed by atoms with E-state index in [0.717, 1.165) is 0 Å². The Morgan fingerprint density at radius 1 is 0.724 bits per heavy atom. The van der Waals surface area contributed by atoms with Gasteiger partial charge in [-0.2, -0.15) is 52.7 Å². The largest absolute Gasteiger partial charge is 0.421 e. The lowest BCUT2D eigenvalue weighted by atomic mass is 9.95. The second kappa shape index (κ2) is 7.59. The second-order valence-electron chi connectivity index (χ2n) is 5.15. The number of rotatable bonds is 3. The first-order chi connectivity index (χ1) is 12.8. The predicted molar refractivity (Wildman–Crippen MR) is 72.3 cm³/mol. The highest BCUT2D eigenvalue weighted by atomic mass is 19.4. The molecule has 0 radical (unpaired) electrons. The third-order valence-corrected chi connectivity index (χ3v) is 3.09. The highest BCUT2D eigenvalue weighted by Crippen LogP contribution is 2.50. The summed E-state index contributed by atoms with van der Waals surface area (Å²) < 4.78 is 154. The van der Waals surface area contributed by atoms with Gasteiger partial charge in [-0.1, -0.05) is 0 Å². The second-order valence-corrected chi connectivity index (χ2v) is 5.15. The maximum atomic E-state index is 13.1. The van der Waals surface area contributed by atoms with Gasteiger partial charge in [-0.05, 0) is 23.8 Å². The quantitative estimate of drug-likeness (QED) is 0.229. The predicted octanol–water partition coefficient (Wildman–Crippen LogP) is 6.52. The van der Waals surface area contributed by atoms with E-state index >= 15 is 0 Å². The van der Waals surface area contributed by atoms with Crippen molar-refractivity contribution in [2.24, 2.45) is 0 Å². The van der Waals surface area contributed by atoms with E-state index in [1.165, 1.54) is 0 Å². The molecule has 15 heteroatoms. The summed E-state index contributed by atoms with van der Waals surface area (Å²) in [6.07, 6.45) is -27.3. The van der Waals surface area contributed by atoms with Gasteiger partial charge in [0.25, 0.3) is 5.69 Å². The van der Waals surface area contributed by atoms with Crippen molar-refractivity contribution >= 4 is 11.8 Å². The van der Waals surface area contributed by atoms with Crippen molar-refractivity contribution in [1.82, 2.24) is 0 Å². The fourth-order valence-corrected chi connectivity index (χ4v) is 2.03. The van der Waals surface area contributed by atoms with Crippen molar-refractivity contribution in [2.75, 3.05) is 0 Å². The first-order valence-corrected chi connectivity index (χ1v) is 6.76. The number of nitrogens with zero attached hydrogens (tertiary/aromatic N) is 1. The summed E-state index contributed by atoms with van der Waals surface area (Å²) in [5.41, 5.74) is -13.4. The molecule has 0 unspecified atom stereocenters. The van der Waals surface area contributed by atoms with Crippen molar-refractivity contribution < 1.29 is 57.6 Å². The number of non-ortho nitro benzene ring substituents is 1. The van der Waals surface area contributed by atoms with Gasteiger partial charge >= 0.3 is 24.7 Å². The molecule has 29 heavy (non-hydrogen) atoms. The van der Waals surface area contributed by atoms with E-state index in [1.807, 2.05) is 0 Å². The molecule has 0 saturated heterocycles. The molecule has 0 aliphatic carbocycles. The molecule has 0 aliphatic rings. The van der Waals surface area contributed by atoms with E-state index in [1.54, 1.807) is 0 Å². The zero-order chi connectivity index (χ0) is 23.0. The van der Waals surface area contributed by atoms with E-state index in [0.29, 0.717) is 24.3 Å². The molecule has 0 atom stereocenters. The normalized spacial score (nSPS) is 14.0.